The number of rotatable bonds is 0. The van der Waals surface area contributed by atoms with Crippen LogP contribution in [0.1, 0.15) is 0 Å². The maximum atomic E-state index is 13.1. The molecule has 1 heterocycles. The Morgan fingerprint density at radius 1 is 0.667 bits per heavy atom. The fourth-order valence-corrected chi connectivity index (χ4v) is 1.33. The van der Waals surface area contributed by atoms with Gasteiger partial charge in [-0.05, 0) is 0 Å². The van der Waals surface area contributed by atoms with Crippen molar-refractivity contribution in [2.24, 2.45) is 4.99 Å². The lowest BCUT2D eigenvalue weighted by molar-refractivity contribution is -0.387. The topological polar surface area (TPSA) is 12.4 Å². The molecular formula is C7F13N. The van der Waals surface area contributed by atoms with Gasteiger partial charge in [-0.25, -0.2) is 9.38 Å². The van der Waals surface area contributed by atoms with Gasteiger partial charge in [0, 0.05) is 0 Å². The van der Waals surface area contributed by atoms with Gasteiger partial charge in [0.25, 0.3) is 0 Å². The smallest absolute Gasteiger partial charge is 0.225 e. The largest absolute Gasteiger partial charge is 0.450 e. The first-order chi connectivity index (χ1) is 8.84. The van der Waals surface area contributed by atoms with E-state index in [9.17, 15) is 57.1 Å². The maximum absolute atomic E-state index is 13.1. The van der Waals surface area contributed by atoms with Crippen molar-refractivity contribution in [3.63, 3.8) is 0 Å². The molecule has 0 aliphatic carbocycles. The molecule has 0 bridgehead atoms. The first-order valence-corrected chi connectivity index (χ1v) is 4.40. The summed E-state index contributed by atoms with van der Waals surface area (Å²) >= 11 is 0. The fourth-order valence-electron chi connectivity index (χ4n) is 1.33. The van der Waals surface area contributed by atoms with Gasteiger partial charge in [0.15, 0.2) is 5.71 Å². The van der Waals surface area contributed by atoms with E-state index in [1.54, 1.807) is 0 Å². The molecule has 124 valence electrons. The molecule has 1 aliphatic heterocycles. The van der Waals surface area contributed by atoms with E-state index in [1.807, 2.05) is 0 Å². The van der Waals surface area contributed by atoms with Crippen LogP contribution >= 0.6 is 0 Å². The minimum atomic E-state index is -7.32. The van der Waals surface area contributed by atoms with E-state index >= 15 is 0 Å². The van der Waals surface area contributed by atoms with Gasteiger partial charge in [-0.3, -0.25) is 0 Å². The van der Waals surface area contributed by atoms with E-state index in [0.717, 1.165) is 0 Å². The van der Waals surface area contributed by atoms with Crippen LogP contribution in [0.3, 0.4) is 0 Å². The molecule has 0 saturated heterocycles. The van der Waals surface area contributed by atoms with Gasteiger partial charge in [-0.2, -0.15) is 52.7 Å². The molecular weight excluding hydrogens is 345 g/mol. The Hall–Kier alpha value is -1.24. The van der Waals surface area contributed by atoms with Crippen molar-refractivity contribution in [2.75, 3.05) is 0 Å². The van der Waals surface area contributed by atoms with Gasteiger partial charge in [-0.15, -0.1) is 0 Å². The zero-order chi connectivity index (χ0) is 17.3. The molecule has 1 unspecified atom stereocenters. The Bertz CT molecular complexity index is 468. The SMILES string of the molecule is FC(F)(F)C1=NC(F)(C(F)(F)F)C(F)(F)C(F)(F)C1(F)F. The van der Waals surface area contributed by atoms with Crippen molar-refractivity contribution in [3.8, 4) is 0 Å². The van der Waals surface area contributed by atoms with Crippen LogP contribution in [0.15, 0.2) is 4.99 Å². The van der Waals surface area contributed by atoms with E-state index in [1.165, 1.54) is 0 Å². The molecule has 0 amide bonds. The second-order valence-corrected chi connectivity index (χ2v) is 3.80. The summed E-state index contributed by atoms with van der Waals surface area (Å²) in [6.07, 6.45) is -13.8. The molecule has 1 nitrogen and oxygen atoms in total. The van der Waals surface area contributed by atoms with E-state index in [4.69, 9.17) is 0 Å². The highest BCUT2D eigenvalue weighted by atomic mass is 19.4. The molecule has 0 saturated carbocycles. The summed E-state index contributed by atoms with van der Waals surface area (Å²) in [5.41, 5.74) is -4.29. The second kappa shape index (κ2) is 3.94. The number of halogens is 13. The molecule has 0 aromatic rings. The van der Waals surface area contributed by atoms with Crippen molar-refractivity contribution in [2.45, 2.75) is 35.9 Å². The highest BCUT2D eigenvalue weighted by Crippen LogP contribution is 2.61. The second-order valence-electron chi connectivity index (χ2n) is 3.80. The van der Waals surface area contributed by atoms with Crippen molar-refractivity contribution >= 4 is 5.71 Å². The molecule has 21 heavy (non-hydrogen) atoms. The summed E-state index contributed by atoms with van der Waals surface area (Å²) in [7, 11) is 0. The summed E-state index contributed by atoms with van der Waals surface area (Å²) in [5.74, 6) is -28.3. The molecule has 0 aromatic heterocycles. The van der Waals surface area contributed by atoms with Gasteiger partial charge >= 0.3 is 35.9 Å². The van der Waals surface area contributed by atoms with Crippen LogP contribution in [0, 0.1) is 0 Å². The summed E-state index contributed by atoms with van der Waals surface area (Å²) in [5, 5.41) is 0. The number of alkyl halides is 13. The van der Waals surface area contributed by atoms with Gasteiger partial charge in [0.05, 0.1) is 0 Å². The molecule has 0 aromatic carbocycles. The van der Waals surface area contributed by atoms with Crippen molar-refractivity contribution in [1.82, 2.24) is 0 Å². The van der Waals surface area contributed by atoms with Crippen molar-refractivity contribution in [3.05, 3.63) is 0 Å². The van der Waals surface area contributed by atoms with E-state index in [2.05, 4.69) is 0 Å². The average molecular weight is 345 g/mol. The third kappa shape index (κ3) is 1.97. The van der Waals surface area contributed by atoms with Gasteiger partial charge in [0.1, 0.15) is 0 Å². The van der Waals surface area contributed by atoms with Crippen LogP contribution < -0.4 is 0 Å². The third-order valence-electron chi connectivity index (χ3n) is 2.41. The van der Waals surface area contributed by atoms with Gasteiger partial charge < -0.3 is 0 Å². The standard InChI is InChI=1S/C7F13N/c8-2(9)1(3(10,11)12)21-6(17,7(18,19)20)5(15,16)4(2,13)14. The molecule has 0 N–H and O–H groups in total. The summed E-state index contributed by atoms with van der Waals surface area (Å²) < 4.78 is 162. The third-order valence-corrected chi connectivity index (χ3v) is 2.41. The monoisotopic (exact) mass is 345 g/mol. The summed E-state index contributed by atoms with van der Waals surface area (Å²) in [4.78, 5) is 0.577. The lowest BCUT2D eigenvalue weighted by Gasteiger charge is -2.43. The molecule has 0 spiro atoms. The lowest BCUT2D eigenvalue weighted by atomic mass is 9.88. The van der Waals surface area contributed by atoms with Crippen LogP contribution in [0.4, 0.5) is 57.1 Å². The van der Waals surface area contributed by atoms with Crippen molar-refractivity contribution in [1.29, 1.82) is 0 Å². The molecule has 1 rings (SSSR count). The van der Waals surface area contributed by atoms with Gasteiger partial charge in [-0.1, -0.05) is 0 Å². The number of hydrogen-bond donors (Lipinski definition) is 0. The molecule has 1 atom stereocenters. The predicted octanol–water partition coefficient (Wildman–Crippen LogP) is 4.14. The van der Waals surface area contributed by atoms with Crippen LogP contribution in [-0.2, 0) is 0 Å². The Labute approximate surface area is 105 Å². The quantitative estimate of drug-likeness (QED) is 0.462. The number of aliphatic imine (C=N–C) groups is 1. The van der Waals surface area contributed by atoms with Crippen LogP contribution in [0.5, 0.6) is 0 Å². The first kappa shape index (κ1) is 17.8. The number of hydrogen-bond acceptors (Lipinski definition) is 1. The highest BCUT2D eigenvalue weighted by molar-refractivity contribution is 5.98. The minimum absolute atomic E-state index is 0.577. The molecule has 1 aliphatic rings. The Kier molecular flexibility index (Phi) is 3.34. The molecule has 14 heteroatoms. The van der Waals surface area contributed by atoms with Crippen molar-refractivity contribution < 1.29 is 57.1 Å². The normalized spacial score (nSPS) is 31.8. The Morgan fingerprint density at radius 3 is 1.33 bits per heavy atom. The first-order valence-electron chi connectivity index (χ1n) is 4.40. The summed E-state index contributed by atoms with van der Waals surface area (Å²) in [6.45, 7) is 0. The molecule has 0 radical (unpaired) electrons. The zero-order valence-electron chi connectivity index (χ0n) is 8.86. The van der Waals surface area contributed by atoms with Crippen LogP contribution in [-0.4, -0.2) is 41.6 Å². The number of nitrogens with zero attached hydrogens (tertiary/aromatic N) is 1. The lowest BCUT2D eigenvalue weighted by Crippen LogP contribution is -2.74. The van der Waals surface area contributed by atoms with E-state index in [-0.39, 0.29) is 0 Å². The van der Waals surface area contributed by atoms with E-state index in [0.29, 0.717) is 4.99 Å². The highest BCUT2D eigenvalue weighted by Gasteiger charge is 2.91. The molecule has 0 fully saturated rings. The average Bonchev–Trinajstić information content (AvgIpc) is 2.19. The van der Waals surface area contributed by atoms with Crippen LogP contribution in [0.25, 0.3) is 0 Å². The predicted molar refractivity (Wildman–Crippen MR) is 38.2 cm³/mol. The summed E-state index contributed by atoms with van der Waals surface area (Å²) in [6, 6.07) is 0. The van der Waals surface area contributed by atoms with Gasteiger partial charge in [0.2, 0.25) is 0 Å². The zero-order valence-corrected chi connectivity index (χ0v) is 8.86. The maximum Gasteiger partial charge on any atom is 0.450 e. The Balaban J connectivity index is 3.85. The fraction of sp³-hybridized carbons (Fsp3) is 0.857. The Morgan fingerprint density at radius 2 is 1.05 bits per heavy atom. The minimum Gasteiger partial charge on any atom is -0.225 e. The van der Waals surface area contributed by atoms with E-state index < -0.39 is 41.6 Å². The van der Waals surface area contributed by atoms with Crippen LogP contribution in [0.2, 0.25) is 0 Å².